The molecule has 54 heavy (non-hydrogen) atoms. The largest absolute Gasteiger partial charge is 0.247 e. The average Bonchev–Trinajstić information content (AvgIpc) is 3.22. The molecule has 0 spiro atoms. The highest BCUT2D eigenvalue weighted by Gasteiger charge is 2.29. The summed E-state index contributed by atoms with van der Waals surface area (Å²) in [6.45, 7) is 0. The predicted octanol–water partition coefficient (Wildman–Crippen LogP) is 10.0. The minimum absolute atomic E-state index is 0.0452. The second-order valence-electron chi connectivity index (χ2n) is 12.1. The highest BCUT2D eigenvalue weighted by atomic mass is 19.2. The lowest BCUT2D eigenvalue weighted by Crippen LogP contribution is -2.05. The van der Waals surface area contributed by atoms with Crippen LogP contribution in [0.15, 0.2) is 103 Å². The molecule has 11 heteroatoms. The van der Waals surface area contributed by atoms with Crippen molar-refractivity contribution in [2.45, 2.75) is 0 Å². The van der Waals surface area contributed by atoms with E-state index in [0.717, 1.165) is 0 Å². The van der Waals surface area contributed by atoms with E-state index in [0.29, 0.717) is 49.9 Å². The van der Waals surface area contributed by atoms with Crippen molar-refractivity contribution < 1.29 is 17.6 Å². The van der Waals surface area contributed by atoms with E-state index in [-0.39, 0.29) is 38.8 Å². The van der Waals surface area contributed by atoms with Gasteiger partial charge in [-0.15, -0.1) is 0 Å². The van der Waals surface area contributed by atoms with E-state index < -0.39 is 34.4 Å². The van der Waals surface area contributed by atoms with Crippen LogP contribution in [0.25, 0.3) is 77.6 Å². The van der Waals surface area contributed by atoms with E-state index in [4.69, 9.17) is 15.0 Å². The maximum Gasteiger partial charge on any atom is 0.180 e. The van der Waals surface area contributed by atoms with Gasteiger partial charge in [-0.25, -0.2) is 32.5 Å². The summed E-state index contributed by atoms with van der Waals surface area (Å²) in [4.78, 5) is 15.1. The van der Waals surface area contributed by atoms with E-state index in [1.165, 1.54) is 24.3 Å². The summed E-state index contributed by atoms with van der Waals surface area (Å²) in [6.07, 6.45) is 0. The van der Waals surface area contributed by atoms with Gasteiger partial charge in [0.2, 0.25) is 0 Å². The third-order valence-electron chi connectivity index (χ3n) is 9.12. The standard InChI is InChI=1S/C43H17F4N7/c44-36-30(21-51)37(45)39(47)34(38(36)46)27-5-1-2-6-28(27)42-35-33(29-7-3-4-8-31(29)52-42)26(20-50)17-32-43(35)54-41(25-15-11-23(19-49)12-16-25)40(53-32)24-13-9-22(18-48)10-14-24/h1-17H. The Hall–Kier alpha value is -7.99. The monoisotopic (exact) mass is 707 g/mol. The molecule has 0 atom stereocenters. The van der Waals surface area contributed by atoms with Gasteiger partial charge in [-0.3, -0.25) is 0 Å². The normalized spacial score (nSPS) is 10.9. The van der Waals surface area contributed by atoms with Crippen molar-refractivity contribution in [1.29, 1.82) is 21.0 Å². The fraction of sp³-hybridized carbons (Fsp3) is 0. The topological polar surface area (TPSA) is 134 Å². The van der Waals surface area contributed by atoms with Gasteiger partial charge in [0.1, 0.15) is 11.6 Å². The van der Waals surface area contributed by atoms with Crippen LogP contribution in [0.3, 0.4) is 0 Å². The van der Waals surface area contributed by atoms with Crippen molar-refractivity contribution in [3.8, 4) is 69.2 Å². The zero-order valence-electron chi connectivity index (χ0n) is 27.5. The summed E-state index contributed by atoms with van der Waals surface area (Å²) < 4.78 is 61.5. The third-order valence-corrected chi connectivity index (χ3v) is 9.12. The summed E-state index contributed by atoms with van der Waals surface area (Å²) in [7, 11) is 0. The molecular formula is C43H17F4N7. The Morgan fingerprint density at radius 1 is 0.463 bits per heavy atom. The average molecular weight is 708 g/mol. The number of hydrogen-bond donors (Lipinski definition) is 0. The van der Waals surface area contributed by atoms with Crippen molar-refractivity contribution in [1.82, 2.24) is 15.0 Å². The molecule has 2 aromatic heterocycles. The van der Waals surface area contributed by atoms with Gasteiger partial charge in [0.25, 0.3) is 0 Å². The number of aromatic nitrogens is 3. The molecule has 0 N–H and O–H groups in total. The first kappa shape index (κ1) is 33.2. The second kappa shape index (κ2) is 13.0. The minimum Gasteiger partial charge on any atom is -0.247 e. The number of para-hydroxylation sites is 1. The number of nitrogens with zero attached hydrogens (tertiary/aromatic N) is 7. The van der Waals surface area contributed by atoms with Crippen molar-refractivity contribution in [2.75, 3.05) is 0 Å². The van der Waals surface area contributed by atoms with Crippen LogP contribution in [0.4, 0.5) is 17.6 Å². The van der Waals surface area contributed by atoms with Crippen LogP contribution >= 0.6 is 0 Å². The Balaban J connectivity index is 1.55. The number of pyridine rings is 1. The lowest BCUT2D eigenvalue weighted by atomic mass is 9.90. The van der Waals surface area contributed by atoms with Crippen LogP contribution in [-0.2, 0) is 0 Å². The van der Waals surface area contributed by atoms with E-state index in [1.54, 1.807) is 84.9 Å². The summed E-state index contributed by atoms with van der Waals surface area (Å²) in [5.74, 6) is -7.22. The molecule has 0 aliphatic rings. The number of rotatable bonds is 4. The molecule has 0 aliphatic heterocycles. The molecule has 2 heterocycles. The van der Waals surface area contributed by atoms with Gasteiger partial charge < -0.3 is 0 Å². The maximum atomic E-state index is 15.7. The van der Waals surface area contributed by atoms with Crippen molar-refractivity contribution in [3.63, 3.8) is 0 Å². The van der Waals surface area contributed by atoms with Crippen molar-refractivity contribution in [3.05, 3.63) is 149 Å². The van der Waals surface area contributed by atoms with Crippen LogP contribution in [0.2, 0.25) is 0 Å². The highest BCUT2D eigenvalue weighted by Crippen LogP contribution is 2.44. The third kappa shape index (κ3) is 5.13. The molecule has 0 fully saturated rings. The summed E-state index contributed by atoms with van der Waals surface area (Å²) in [5, 5.41) is 39.9. The summed E-state index contributed by atoms with van der Waals surface area (Å²) >= 11 is 0. The number of nitriles is 4. The van der Waals surface area contributed by atoms with Gasteiger partial charge >= 0.3 is 0 Å². The minimum atomic E-state index is -1.84. The summed E-state index contributed by atoms with van der Waals surface area (Å²) in [5.41, 5.74) is 1.22. The first-order chi connectivity index (χ1) is 26.3. The van der Waals surface area contributed by atoms with Crippen LogP contribution in [-0.4, -0.2) is 15.0 Å². The Kier molecular flexibility index (Phi) is 7.96. The second-order valence-corrected chi connectivity index (χ2v) is 12.1. The Morgan fingerprint density at radius 3 is 1.57 bits per heavy atom. The molecule has 0 saturated carbocycles. The molecule has 0 aliphatic carbocycles. The Labute approximate surface area is 303 Å². The number of hydrogen-bond acceptors (Lipinski definition) is 7. The zero-order chi connectivity index (χ0) is 37.7. The molecule has 0 unspecified atom stereocenters. The predicted molar refractivity (Wildman–Crippen MR) is 193 cm³/mol. The molecule has 252 valence electrons. The van der Waals surface area contributed by atoms with Crippen LogP contribution < -0.4 is 0 Å². The first-order valence-electron chi connectivity index (χ1n) is 16.1. The fourth-order valence-corrected chi connectivity index (χ4v) is 6.63. The van der Waals surface area contributed by atoms with Crippen molar-refractivity contribution >= 4 is 32.7 Å². The number of halogens is 4. The van der Waals surface area contributed by atoms with Gasteiger partial charge in [-0.2, -0.15) is 21.0 Å². The summed E-state index contributed by atoms with van der Waals surface area (Å²) in [6, 6.07) is 35.2. The highest BCUT2D eigenvalue weighted by molar-refractivity contribution is 6.22. The van der Waals surface area contributed by atoms with E-state index in [9.17, 15) is 21.0 Å². The van der Waals surface area contributed by atoms with Gasteiger partial charge in [-0.05, 0) is 42.0 Å². The SMILES string of the molecule is N#Cc1ccc(-c2nc3cc(C#N)c4c5ccccc5nc(-c5ccccc5-c5c(F)c(F)c(C#N)c(F)c5F)c4c3nc2-c2ccc(C#N)cc2)cc1. The van der Waals surface area contributed by atoms with E-state index in [2.05, 4.69) is 18.2 Å². The quantitative estimate of drug-likeness (QED) is 0.101. The van der Waals surface area contributed by atoms with E-state index in [1.807, 2.05) is 0 Å². The molecule has 0 saturated heterocycles. The van der Waals surface area contributed by atoms with Crippen molar-refractivity contribution in [2.24, 2.45) is 0 Å². The maximum absolute atomic E-state index is 15.7. The van der Waals surface area contributed by atoms with Gasteiger partial charge in [-0.1, -0.05) is 66.7 Å². The smallest absolute Gasteiger partial charge is 0.180 e. The molecule has 7 nitrogen and oxygen atoms in total. The lowest BCUT2D eigenvalue weighted by molar-refractivity contribution is 0.454. The van der Waals surface area contributed by atoms with E-state index >= 15 is 17.6 Å². The number of fused-ring (bicyclic) bond motifs is 5. The first-order valence-corrected chi connectivity index (χ1v) is 16.1. The molecule has 0 bridgehead atoms. The lowest BCUT2D eigenvalue weighted by Gasteiger charge is -2.18. The van der Waals surface area contributed by atoms with Crippen LogP contribution in [0.5, 0.6) is 0 Å². The molecule has 0 radical (unpaired) electrons. The van der Waals surface area contributed by atoms with Gasteiger partial charge in [0, 0.05) is 32.8 Å². The fourth-order valence-electron chi connectivity index (χ4n) is 6.63. The molecule has 8 rings (SSSR count). The van der Waals surface area contributed by atoms with Crippen LogP contribution in [0, 0.1) is 68.6 Å². The van der Waals surface area contributed by atoms with Crippen LogP contribution in [0.1, 0.15) is 22.3 Å². The zero-order valence-corrected chi connectivity index (χ0v) is 27.5. The molecule has 8 aromatic rings. The Bertz CT molecular complexity index is 3050. The molecule has 0 amide bonds. The molecular weight excluding hydrogens is 691 g/mol. The Morgan fingerprint density at radius 2 is 1.00 bits per heavy atom. The molecule has 6 aromatic carbocycles. The number of benzene rings is 6. The van der Waals surface area contributed by atoms with Gasteiger partial charge in [0.15, 0.2) is 23.3 Å². The van der Waals surface area contributed by atoms with Gasteiger partial charge in [0.05, 0.1) is 74.1 Å².